The Morgan fingerprint density at radius 1 is 1.28 bits per heavy atom. The van der Waals surface area contributed by atoms with Crippen molar-refractivity contribution in [1.82, 2.24) is 0 Å². The zero-order valence-electron chi connectivity index (χ0n) is 10.8. The first-order chi connectivity index (χ1) is 8.60. The van der Waals surface area contributed by atoms with Gasteiger partial charge < -0.3 is 5.73 Å². The maximum Gasteiger partial charge on any atom is 0.166 e. The van der Waals surface area contributed by atoms with Gasteiger partial charge in [0.15, 0.2) is 5.78 Å². The lowest BCUT2D eigenvalue weighted by Gasteiger charge is -2.26. The average Bonchev–Trinajstić information content (AvgIpc) is 2.37. The largest absolute Gasteiger partial charge is 0.330 e. The van der Waals surface area contributed by atoms with Crippen molar-refractivity contribution in [3.05, 3.63) is 35.1 Å². The lowest BCUT2D eigenvalue weighted by Crippen LogP contribution is -2.25. The molecule has 1 aliphatic rings. The number of Topliss-reactive ketones (excluding diaryl/α,β-unsaturated/α-hetero) is 1. The molecule has 2 nitrogen and oxygen atoms in total. The Morgan fingerprint density at radius 2 is 1.94 bits per heavy atom. The van der Waals surface area contributed by atoms with Crippen molar-refractivity contribution in [1.29, 1.82) is 0 Å². The number of hydrogen-bond acceptors (Lipinski definition) is 2. The Bertz CT molecular complexity index is 416. The van der Waals surface area contributed by atoms with Crippen LogP contribution < -0.4 is 5.73 Å². The van der Waals surface area contributed by atoms with Crippen LogP contribution in [0.25, 0.3) is 0 Å². The predicted octanol–water partition coefficient (Wildman–Crippen LogP) is 3.08. The van der Waals surface area contributed by atoms with E-state index in [1.54, 1.807) is 6.07 Å². The van der Waals surface area contributed by atoms with Gasteiger partial charge in [-0.3, -0.25) is 4.79 Å². The smallest absolute Gasteiger partial charge is 0.166 e. The second kappa shape index (κ2) is 5.61. The van der Waals surface area contributed by atoms with E-state index in [2.05, 4.69) is 0 Å². The highest BCUT2D eigenvalue weighted by atomic mass is 19.1. The lowest BCUT2D eigenvalue weighted by atomic mass is 9.78. The molecule has 2 N–H and O–H groups in total. The Labute approximate surface area is 107 Å². The molecule has 0 unspecified atom stereocenters. The summed E-state index contributed by atoms with van der Waals surface area (Å²) in [5.41, 5.74) is 6.96. The minimum atomic E-state index is -0.325. The molecule has 0 aromatic heterocycles. The fraction of sp³-hybridized carbons (Fsp3) is 0.533. The van der Waals surface area contributed by atoms with Crippen molar-refractivity contribution in [2.24, 2.45) is 17.6 Å². The van der Waals surface area contributed by atoms with Crippen LogP contribution in [-0.4, -0.2) is 12.3 Å². The second-order valence-corrected chi connectivity index (χ2v) is 5.33. The second-order valence-electron chi connectivity index (χ2n) is 5.33. The Hall–Kier alpha value is -1.22. The van der Waals surface area contributed by atoms with Crippen LogP contribution in [0.4, 0.5) is 4.39 Å². The van der Waals surface area contributed by atoms with Gasteiger partial charge in [0, 0.05) is 11.5 Å². The summed E-state index contributed by atoms with van der Waals surface area (Å²) in [6.45, 7) is 2.52. The number of nitrogens with two attached hydrogens (primary N) is 1. The number of hydrogen-bond donors (Lipinski definition) is 1. The molecule has 0 bridgehead atoms. The van der Waals surface area contributed by atoms with Gasteiger partial charge >= 0.3 is 0 Å². The van der Waals surface area contributed by atoms with Crippen molar-refractivity contribution in [3.63, 3.8) is 0 Å². The van der Waals surface area contributed by atoms with Crippen molar-refractivity contribution in [2.75, 3.05) is 6.54 Å². The average molecular weight is 249 g/mol. The maximum absolute atomic E-state index is 13.3. The van der Waals surface area contributed by atoms with Crippen LogP contribution in [0.3, 0.4) is 0 Å². The molecule has 1 aliphatic carbocycles. The van der Waals surface area contributed by atoms with Crippen LogP contribution in [0.15, 0.2) is 18.2 Å². The highest BCUT2D eigenvalue weighted by molar-refractivity contribution is 5.98. The van der Waals surface area contributed by atoms with Gasteiger partial charge in [-0.15, -0.1) is 0 Å². The molecule has 18 heavy (non-hydrogen) atoms. The molecule has 1 aromatic carbocycles. The van der Waals surface area contributed by atoms with E-state index in [0.29, 0.717) is 18.0 Å². The van der Waals surface area contributed by atoms with E-state index in [1.807, 2.05) is 6.92 Å². The summed E-state index contributed by atoms with van der Waals surface area (Å²) >= 11 is 0. The molecule has 0 radical (unpaired) electrons. The minimum absolute atomic E-state index is 0.0500. The molecule has 0 saturated heterocycles. The molecular formula is C15H20FNO. The van der Waals surface area contributed by atoms with Crippen LogP contribution in [-0.2, 0) is 0 Å². The zero-order chi connectivity index (χ0) is 13.1. The first-order valence-corrected chi connectivity index (χ1v) is 6.61. The van der Waals surface area contributed by atoms with Crippen molar-refractivity contribution >= 4 is 5.78 Å². The molecule has 0 heterocycles. The summed E-state index contributed by atoms with van der Waals surface area (Å²) in [7, 11) is 0. The highest BCUT2D eigenvalue weighted by Gasteiger charge is 2.26. The number of ketones is 1. The molecule has 0 atom stereocenters. The number of benzene rings is 1. The summed E-state index contributed by atoms with van der Waals surface area (Å²) < 4.78 is 13.3. The summed E-state index contributed by atoms with van der Waals surface area (Å²) in [4.78, 5) is 12.3. The minimum Gasteiger partial charge on any atom is -0.330 e. The van der Waals surface area contributed by atoms with Crippen molar-refractivity contribution < 1.29 is 9.18 Å². The van der Waals surface area contributed by atoms with Crippen LogP contribution in [0.1, 0.15) is 41.6 Å². The predicted molar refractivity (Wildman–Crippen MR) is 70.0 cm³/mol. The SMILES string of the molecule is Cc1cc(F)cc(C(=O)C2CCC(CN)CC2)c1. The quantitative estimate of drug-likeness (QED) is 0.836. The van der Waals surface area contributed by atoms with Gasteiger partial charge in [0.2, 0.25) is 0 Å². The first kappa shape index (κ1) is 13.2. The number of carbonyl (C=O) groups is 1. The molecule has 2 rings (SSSR count). The van der Waals surface area contributed by atoms with E-state index in [-0.39, 0.29) is 17.5 Å². The standard InChI is InChI=1S/C15H20FNO/c1-10-6-13(8-14(16)7-10)15(18)12-4-2-11(9-17)3-5-12/h6-8,11-12H,2-5,9,17H2,1H3. The molecule has 1 fully saturated rings. The van der Waals surface area contributed by atoms with E-state index in [4.69, 9.17) is 5.73 Å². The summed E-state index contributed by atoms with van der Waals surface area (Å²) in [6, 6.07) is 4.58. The molecule has 98 valence electrons. The van der Waals surface area contributed by atoms with Gasteiger partial charge in [-0.25, -0.2) is 4.39 Å². The van der Waals surface area contributed by atoms with Gasteiger partial charge in [-0.1, -0.05) is 0 Å². The monoisotopic (exact) mass is 249 g/mol. The third-order valence-corrected chi connectivity index (χ3v) is 3.88. The lowest BCUT2D eigenvalue weighted by molar-refractivity contribution is 0.0873. The summed E-state index contributed by atoms with van der Waals surface area (Å²) in [5, 5.41) is 0. The third kappa shape index (κ3) is 2.96. The number of halogens is 1. The van der Waals surface area contributed by atoms with Crippen LogP contribution >= 0.6 is 0 Å². The van der Waals surface area contributed by atoms with E-state index >= 15 is 0 Å². The number of carbonyl (C=O) groups excluding carboxylic acids is 1. The molecular weight excluding hydrogens is 229 g/mol. The van der Waals surface area contributed by atoms with Gasteiger partial charge in [-0.05, 0) is 68.8 Å². The van der Waals surface area contributed by atoms with Crippen LogP contribution in [0, 0.1) is 24.6 Å². The fourth-order valence-electron chi connectivity index (χ4n) is 2.77. The maximum atomic E-state index is 13.3. The molecule has 1 aromatic rings. The first-order valence-electron chi connectivity index (χ1n) is 6.61. The molecule has 1 saturated carbocycles. The Kier molecular flexibility index (Phi) is 4.12. The van der Waals surface area contributed by atoms with Crippen molar-refractivity contribution in [3.8, 4) is 0 Å². The van der Waals surface area contributed by atoms with Gasteiger partial charge in [0.25, 0.3) is 0 Å². The van der Waals surface area contributed by atoms with E-state index in [0.717, 1.165) is 31.2 Å². The summed E-state index contributed by atoms with van der Waals surface area (Å²) in [5.74, 6) is 0.374. The molecule has 0 amide bonds. The Balaban J connectivity index is 2.07. The fourth-order valence-corrected chi connectivity index (χ4v) is 2.77. The van der Waals surface area contributed by atoms with E-state index in [1.165, 1.54) is 12.1 Å². The zero-order valence-corrected chi connectivity index (χ0v) is 10.8. The Morgan fingerprint density at radius 3 is 2.50 bits per heavy atom. The highest BCUT2D eigenvalue weighted by Crippen LogP contribution is 2.30. The van der Waals surface area contributed by atoms with E-state index < -0.39 is 0 Å². The van der Waals surface area contributed by atoms with Gasteiger partial charge in [-0.2, -0.15) is 0 Å². The van der Waals surface area contributed by atoms with Crippen molar-refractivity contribution in [2.45, 2.75) is 32.6 Å². The van der Waals surface area contributed by atoms with E-state index in [9.17, 15) is 9.18 Å². The summed E-state index contributed by atoms with van der Waals surface area (Å²) in [6.07, 6.45) is 3.80. The number of rotatable bonds is 3. The molecule has 0 aliphatic heterocycles. The van der Waals surface area contributed by atoms with Gasteiger partial charge in [0.1, 0.15) is 5.82 Å². The van der Waals surface area contributed by atoms with Crippen LogP contribution in [0.5, 0.6) is 0 Å². The molecule has 3 heteroatoms. The normalized spacial score (nSPS) is 23.9. The van der Waals surface area contributed by atoms with Crippen LogP contribution in [0.2, 0.25) is 0 Å². The third-order valence-electron chi connectivity index (χ3n) is 3.88. The van der Waals surface area contributed by atoms with Gasteiger partial charge in [0.05, 0.1) is 0 Å². The number of aryl methyl sites for hydroxylation is 1. The topological polar surface area (TPSA) is 43.1 Å². The molecule has 0 spiro atoms.